The van der Waals surface area contributed by atoms with Gasteiger partial charge in [0.1, 0.15) is 17.2 Å². The molecule has 0 spiro atoms. The summed E-state index contributed by atoms with van der Waals surface area (Å²) >= 11 is 0. The summed E-state index contributed by atoms with van der Waals surface area (Å²) in [6.45, 7) is 2.77. The first-order valence-corrected chi connectivity index (χ1v) is 9.47. The molecule has 0 saturated carbocycles. The third-order valence-electron chi connectivity index (χ3n) is 5.11. The summed E-state index contributed by atoms with van der Waals surface area (Å²) in [7, 11) is 0. The maximum Gasteiger partial charge on any atom is 0.259 e. The van der Waals surface area contributed by atoms with Crippen molar-refractivity contribution in [2.45, 2.75) is 0 Å². The van der Waals surface area contributed by atoms with E-state index in [2.05, 4.69) is 20.0 Å². The summed E-state index contributed by atoms with van der Waals surface area (Å²) in [5.41, 5.74) is 0.440. The van der Waals surface area contributed by atoms with E-state index < -0.39 is 17.2 Å². The summed E-state index contributed by atoms with van der Waals surface area (Å²) in [6, 6.07) is 8.78. The molecule has 1 aromatic carbocycles. The van der Waals surface area contributed by atoms with E-state index in [1.165, 1.54) is 12.3 Å². The van der Waals surface area contributed by atoms with Crippen LogP contribution in [0.1, 0.15) is 0 Å². The monoisotopic (exact) mass is 409 g/mol. The van der Waals surface area contributed by atoms with Gasteiger partial charge in [0.2, 0.25) is 0 Å². The fourth-order valence-corrected chi connectivity index (χ4v) is 3.65. The number of rotatable bonds is 3. The number of morpholine rings is 1. The highest BCUT2D eigenvalue weighted by Crippen LogP contribution is 2.29. The molecule has 0 unspecified atom stereocenters. The van der Waals surface area contributed by atoms with Gasteiger partial charge >= 0.3 is 0 Å². The molecule has 0 aliphatic carbocycles. The zero-order valence-corrected chi connectivity index (χ0v) is 15.8. The fourth-order valence-electron chi connectivity index (χ4n) is 3.65. The number of benzene rings is 1. The average molecular weight is 409 g/mol. The molecular formula is C21H17F2N5O2. The van der Waals surface area contributed by atoms with Crippen molar-refractivity contribution >= 4 is 16.7 Å². The molecule has 9 heteroatoms. The highest BCUT2D eigenvalue weighted by atomic mass is 19.1. The first-order chi connectivity index (χ1) is 14.6. The summed E-state index contributed by atoms with van der Waals surface area (Å²) in [6.07, 6.45) is 3.03. The van der Waals surface area contributed by atoms with Crippen LogP contribution in [0.2, 0.25) is 0 Å². The molecule has 1 aliphatic rings. The van der Waals surface area contributed by atoms with E-state index in [1.54, 1.807) is 18.3 Å². The Morgan fingerprint density at radius 1 is 1.03 bits per heavy atom. The van der Waals surface area contributed by atoms with Crippen molar-refractivity contribution in [3.63, 3.8) is 0 Å². The van der Waals surface area contributed by atoms with Crippen LogP contribution in [0.3, 0.4) is 0 Å². The van der Waals surface area contributed by atoms with Gasteiger partial charge in [0.05, 0.1) is 24.1 Å². The third-order valence-corrected chi connectivity index (χ3v) is 5.11. The van der Waals surface area contributed by atoms with Crippen LogP contribution in [0.25, 0.3) is 27.8 Å². The van der Waals surface area contributed by atoms with Gasteiger partial charge in [-0.1, -0.05) is 6.07 Å². The zero-order chi connectivity index (χ0) is 20.7. The highest BCUT2D eigenvalue weighted by Gasteiger charge is 2.21. The highest BCUT2D eigenvalue weighted by molar-refractivity contribution is 5.93. The van der Waals surface area contributed by atoms with Crippen molar-refractivity contribution in [3.8, 4) is 16.9 Å². The number of ether oxygens (including phenoxy) is 1. The Morgan fingerprint density at radius 3 is 2.50 bits per heavy atom. The van der Waals surface area contributed by atoms with Crippen LogP contribution in [0.15, 0.2) is 53.6 Å². The Hall–Kier alpha value is -3.59. The maximum atomic E-state index is 14.4. The lowest BCUT2D eigenvalue weighted by Gasteiger charge is -2.27. The first kappa shape index (κ1) is 18.4. The van der Waals surface area contributed by atoms with Crippen LogP contribution in [0.4, 0.5) is 14.6 Å². The quantitative estimate of drug-likeness (QED) is 0.563. The molecule has 0 atom stereocenters. The van der Waals surface area contributed by atoms with E-state index >= 15 is 0 Å². The van der Waals surface area contributed by atoms with E-state index in [4.69, 9.17) is 4.74 Å². The lowest BCUT2D eigenvalue weighted by molar-refractivity contribution is 0.122. The number of aromatic nitrogens is 4. The fraction of sp³-hybridized carbons (Fsp3) is 0.190. The minimum Gasteiger partial charge on any atom is -0.378 e. The molecule has 1 saturated heterocycles. The maximum absolute atomic E-state index is 14.4. The van der Waals surface area contributed by atoms with Crippen molar-refractivity contribution in [2.75, 3.05) is 31.2 Å². The van der Waals surface area contributed by atoms with Gasteiger partial charge in [-0.3, -0.25) is 4.79 Å². The molecule has 0 amide bonds. The van der Waals surface area contributed by atoms with Gasteiger partial charge in [0, 0.05) is 31.0 Å². The molecule has 4 heterocycles. The van der Waals surface area contributed by atoms with Crippen molar-refractivity contribution in [1.82, 2.24) is 19.7 Å². The molecule has 5 rings (SSSR count). The van der Waals surface area contributed by atoms with Crippen LogP contribution in [0, 0.1) is 11.6 Å². The number of fused-ring (bicyclic) bond motifs is 1. The minimum absolute atomic E-state index is 0.237. The number of anilines is 1. The summed E-state index contributed by atoms with van der Waals surface area (Å²) < 4.78 is 35.3. The second-order valence-corrected chi connectivity index (χ2v) is 6.90. The number of aromatic amines is 1. The molecule has 4 aromatic rings. The van der Waals surface area contributed by atoms with E-state index in [0.29, 0.717) is 30.0 Å². The normalized spacial score (nSPS) is 14.4. The first-order valence-electron chi connectivity index (χ1n) is 9.47. The van der Waals surface area contributed by atoms with E-state index in [9.17, 15) is 13.6 Å². The summed E-state index contributed by atoms with van der Waals surface area (Å²) in [5.74, 6) is -0.751. The molecule has 3 aromatic heterocycles. The predicted molar refractivity (Wildman–Crippen MR) is 108 cm³/mol. The van der Waals surface area contributed by atoms with Crippen LogP contribution in [0.5, 0.6) is 0 Å². The lowest BCUT2D eigenvalue weighted by atomic mass is 10.1. The molecule has 30 heavy (non-hydrogen) atoms. The number of nitrogens with one attached hydrogen (secondary N) is 1. The Morgan fingerprint density at radius 2 is 1.80 bits per heavy atom. The van der Waals surface area contributed by atoms with Crippen LogP contribution in [-0.2, 0) is 4.74 Å². The van der Waals surface area contributed by atoms with E-state index in [-0.39, 0.29) is 11.1 Å². The number of halogens is 2. The van der Waals surface area contributed by atoms with Gasteiger partial charge in [-0.2, -0.15) is 5.10 Å². The smallest absolute Gasteiger partial charge is 0.259 e. The molecule has 152 valence electrons. The lowest BCUT2D eigenvalue weighted by Crippen LogP contribution is -2.36. The third kappa shape index (κ3) is 3.03. The number of para-hydroxylation sites is 1. The molecule has 0 bridgehead atoms. The zero-order valence-electron chi connectivity index (χ0n) is 15.8. The average Bonchev–Trinajstić information content (AvgIpc) is 3.15. The number of hydrogen-bond acceptors (Lipinski definition) is 5. The molecule has 1 aliphatic heterocycles. The Bertz CT molecular complexity index is 1260. The minimum atomic E-state index is -0.771. The van der Waals surface area contributed by atoms with Gasteiger partial charge in [0.25, 0.3) is 5.56 Å². The van der Waals surface area contributed by atoms with Crippen LogP contribution < -0.4 is 10.5 Å². The Balaban J connectivity index is 1.66. The Kier molecular flexibility index (Phi) is 4.51. The number of H-pyrrole nitrogens is 1. The van der Waals surface area contributed by atoms with Gasteiger partial charge < -0.3 is 14.6 Å². The molecule has 0 radical (unpaired) electrons. The number of hydrogen-bond donors (Lipinski definition) is 1. The van der Waals surface area contributed by atoms with Crippen molar-refractivity contribution in [3.05, 3.63) is 70.8 Å². The van der Waals surface area contributed by atoms with Crippen LogP contribution >= 0.6 is 0 Å². The number of pyridine rings is 2. The molecule has 1 fully saturated rings. The van der Waals surface area contributed by atoms with E-state index in [0.717, 1.165) is 35.7 Å². The van der Waals surface area contributed by atoms with Crippen molar-refractivity contribution in [2.24, 2.45) is 0 Å². The standard InChI is InChI=1S/C21H17F2N5O2/c22-14-2-1-3-15(23)20(14)28-16-6-7-24-21(29)18(16)19(26-28)13-4-5-17(25-12-13)27-8-10-30-11-9-27/h1-7,12H,8-11H2,(H,24,29). The molecule has 7 nitrogen and oxygen atoms in total. The topological polar surface area (TPSA) is 76.0 Å². The summed E-state index contributed by atoms with van der Waals surface area (Å²) in [4.78, 5) is 21.8. The second kappa shape index (κ2) is 7.34. The Labute approximate surface area is 169 Å². The summed E-state index contributed by atoms with van der Waals surface area (Å²) in [5, 5.41) is 4.63. The number of nitrogens with zero attached hydrogens (tertiary/aromatic N) is 4. The van der Waals surface area contributed by atoms with Crippen LogP contribution in [-0.4, -0.2) is 46.1 Å². The molecular weight excluding hydrogens is 392 g/mol. The van der Waals surface area contributed by atoms with E-state index in [1.807, 2.05) is 6.07 Å². The predicted octanol–water partition coefficient (Wildman–Crippen LogP) is 2.89. The largest absolute Gasteiger partial charge is 0.378 e. The molecule has 1 N–H and O–H groups in total. The second-order valence-electron chi connectivity index (χ2n) is 6.90. The van der Waals surface area contributed by atoms with Crippen molar-refractivity contribution in [1.29, 1.82) is 0 Å². The van der Waals surface area contributed by atoms with Gasteiger partial charge in [-0.15, -0.1) is 0 Å². The van der Waals surface area contributed by atoms with Gasteiger partial charge in [-0.05, 0) is 30.3 Å². The van der Waals surface area contributed by atoms with Crippen molar-refractivity contribution < 1.29 is 13.5 Å². The SMILES string of the molecule is O=c1[nH]ccc2c1c(-c1ccc(N3CCOCC3)nc1)nn2-c1c(F)cccc1F. The van der Waals surface area contributed by atoms with Gasteiger partial charge in [-0.25, -0.2) is 18.4 Å². The van der Waals surface area contributed by atoms with Gasteiger partial charge in [0.15, 0.2) is 11.6 Å².